The van der Waals surface area contributed by atoms with Gasteiger partial charge < -0.3 is 0 Å². The normalized spacial score (nSPS) is 11.0. The molecule has 1 aromatic heterocycles. The number of amides is 1. The summed E-state index contributed by atoms with van der Waals surface area (Å²) in [4.78, 5) is 17.4. The number of rotatable bonds is 5. The van der Waals surface area contributed by atoms with Crippen molar-refractivity contribution in [1.82, 2.24) is 4.98 Å². The minimum Gasteiger partial charge on any atom is -0.298 e. The molecule has 0 fully saturated rings. The number of hydrogen-bond acceptors (Lipinski definition) is 3. The van der Waals surface area contributed by atoms with Gasteiger partial charge in [-0.3, -0.25) is 10.1 Å². The molecular weight excluding hydrogens is 352 g/mol. The van der Waals surface area contributed by atoms with E-state index in [-0.39, 0.29) is 5.91 Å². The predicted octanol–water partition coefficient (Wildman–Crippen LogP) is 5.35. The van der Waals surface area contributed by atoms with Gasteiger partial charge in [0.2, 0.25) is 5.91 Å². The molecule has 0 radical (unpaired) electrons. The van der Waals surface area contributed by atoms with Crippen LogP contribution in [0.15, 0.2) is 60.8 Å². The number of anilines is 1. The summed E-state index contributed by atoms with van der Waals surface area (Å²) in [5.74, 6) is -0.190. The highest BCUT2D eigenvalue weighted by Gasteiger charge is 2.06. The zero-order valence-electron chi connectivity index (χ0n) is 13.7. The molecular formula is C20H17ClN2OS. The minimum atomic E-state index is -0.190. The molecule has 0 spiro atoms. The first-order chi connectivity index (χ1) is 12.1. The van der Waals surface area contributed by atoms with Gasteiger partial charge in [-0.05, 0) is 36.3 Å². The average molecular weight is 369 g/mol. The Morgan fingerprint density at radius 1 is 1.24 bits per heavy atom. The van der Waals surface area contributed by atoms with Gasteiger partial charge in [0, 0.05) is 28.6 Å². The van der Waals surface area contributed by atoms with Crippen LogP contribution in [0.3, 0.4) is 0 Å². The molecule has 25 heavy (non-hydrogen) atoms. The van der Waals surface area contributed by atoms with E-state index < -0.39 is 0 Å². The lowest BCUT2D eigenvalue weighted by molar-refractivity contribution is -0.111. The van der Waals surface area contributed by atoms with Crippen LogP contribution in [0.25, 0.3) is 6.08 Å². The lowest BCUT2D eigenvalue weighted by Crippen LogP contribution is -2.07. The highest BCUT2D eigenvalue weighted by atomic mass is 35.5. The molecule has 5 heteroatoms. The van der Waals surface area contributed by atoms with Crippen molar-refractivity contribution in [2.45, 2.75) is 13.3 Å². The largest absolute Gasteiger partial charge is 0.298 e. The molecule has 3 aromatic rings. The Labute approximate surface area is 156 Å². The predicted molar refractivity (Wildman–Crippen MR) is 105 cm³/mol. The second-order valence-electron chi connectivity index (χ2n) is 5.68. The van der Waals surface area contributed by atoms with Crippen LogP contribution in [0.4, 0.5) is 5.13 Å². The van der Waals surface area contributed by atoms with Crippen molar-refractivity contribution in [2.75, 3.05) is 5.32 Å². The average Bonchev–Trinajstić information content (AvgIpc) is 3.00. The molecule has 126 valence electrons. The van der Waals surface area contributed by atoms with Crippen LogP contribution in [0.2, 0.25) is 5.02 Å². The molecule has 0 saturated heterocycles. The molecule has 1 N–H and O–H groups in total. The number of carbonyl (C=O) groups excluding carboxylic acids is 1. The van der Waals surface area contributed by atoms with Gasteiger partial charge in [-0.2, -0.15) is 0 Å². The molecule has 0 aliphatic rings. The van der Waals surface area contributed by atoms with E-state index in [0.717, 1.165) is 33.0 Å². The van der Waals surface area contributed by atoms with E-state index in [0.29, 0.717) is 5.13 Å². The monoisotopic (exact) mass is 368 g/mol. The first-order valence-corrected chi connectivity index (χ1v) is 9.03. The summed E-state index contributed by atoms with van der Waals surface area (Å²) < 4.78 is 0. The van der Waals surface area contributed by atoms with Crippen LogP contribution in [-0.2, 0) is 11.2 Å². The fraction of sp³-hybridized carbons (Fsp3) is 0.100. The maximum Gasteiger partial charge on any atom is 0.250 e. The first-order valence-electron chi connectivity index (χ1n) is 7.83. The SMILES string of the molecule is Cc1cccc(/C=C/C(=O)Nc2ncc(Cc3cccc(Cl)c3)s2)c1. The van der Waals surface area contributed by atoms with Gasteiger partial charge >= 0.3 is 0 Å². The number of halogens is 1. The Bertz CT molecular complexity index is 917. The highest BCUT2D eigenvalue weighted by molar-refractivity contribution is 7.15. The van der Waals surface area contributed by atoms with Crippen molar-refractivity contribution in [2.24, 2.45) is 0 Å². The van der Waals surface area contributed by atoms with E-state index in [4.69, 9.17) is 11.6 Å². The van der Waals surface area contributed by atoms with Crippen LogP contribution >= 0.6 is 22.9 Å². The molecule has 0 bridgehead atoms. The Morgan fingerprint density at radius 3 is 2.88 bits per heavy atom. The van der Waals surface area contributed by atoms with Gasteiger partial charge in [0.25, 0.3) is 0 Å². The standard InChI is InChI=1S/C20H17ClN2OS/c1-14-4-2-5-15(10-14)8-9-19(24)23-20-22-13-18(25-20)12-16-6-3-7-17(21)11-16/h2-11,13H,12H2,1H3,(H,22,23,24)/b9-8+. The van der Waals surface area contributed by atoms with Crippen LogP contribution in [0.1, 0.15) is 21.6 Å². The van der Waals surface area contributed by atoms with Crippen molar-refractivity contribution in [3.63, 3.8) is 0 Å². The second-order valence-corrected chi connectivity index (χ2v) is 7.23. The number of aryl methyl sites for hydroxylation is 1. The Kier molecular flexibility index (Phi) is 5.64. The van der Waals surface area contributed by atoms with Crippen molar-refractivity contribution in [3.8, 4) is 0 Å². The molecule has 0 atom stereocenters. The topological polar surface area (TPSA) is 42.0 Å². The lowest BCUT2D eigenvalue weighted by atomic mass is 10.1. The summed E-state index contributed by atoms with van der Waals surface area (Å²) in [5, 5.41) is 4.11. The van der Waals surface area contributed by atoms with Gasteiger partial charge in [-0.25, -0.2) is 4.98 Å². The Hall–Kier alpha value is -2.43. The maximum absolute atomic E-state index is 12.0. The number of aromatic nitrogens is 1. The van der Waals surface area contributed by atoms with E-state index >= 15 is 0 Å². The first kappa shape index (κ1) is 17.4. The number of carbonyl (C=O) groups is 1. The minimum absolute atomic E-state index is 0.190. The summed E-state index contributed by atoms with van der Waals surface area (Å²) >= 11 is 7.47. The third kappa shape index (κ3) is 5.28. The highest BCUT2D eigenvalue weighted by Crippen LogP contribution is 2.22. The number of thiazole rings is 1. The molecule has 3 rings (SSSR count). The van der Waals surface area contributed by atoms with Crippen LogP contribution < -0.4 is 5.32 Å². The molecule has 3 nitrogen and oxygen atoms in total. The summed E-state index contributed by atoms with van der Waals surface area (Å²) in [5.41, 5.74) is 3.28. The van der Waals surface area contributed by atoms with Gasteiger partial charge in [0.05, 0.1) is 0 Å². The third-order valence-corrected chi connectivity index (χ3v) is 4.67. The molecule has 0 aliphatic heterocycles. The second kappa shape index (κ2) is 8.10. The van der Waals surface area contributed by atoms with Crippen molar-refractivity contribution >= 4 is 40.1 Å². The summed E-state index contributed by atoms with van der Waals surface area (Å²) in [6.07, 6.45) is 5.84. The lowest BCUT2D eigenvalue weighted by Gasteiger charge is -1.99. The maximum atomic E-state index is 12.0. The summed E-state index contributed by atoms with van der Waals surface area (Å²) in [6, 6.07) is 15.7. The Morgan fingerprint density at radius 2 is 2.08 bits per heavy atom. The quantitative estimate of drug-likeness (QED) is 0.617. The van der Waals surface area contributed by atoms with E-state index in [1.165, 1.54) is 17.4 Å². The van der Waals surface area contributed by atoms with Crippen molar-refractivity contribution < 1.29 is 4.79 Å². The zero-order valence-corrected chi connectivity index (χ0v) is 15.3. The van der Waals surface area contributed by atoms with Crippen LogP contribution in [0, 0.1) is 6.92 Å². The molecule has 0 saturated carbocycles. The number of hydrogen-bond donors (Lipinski definition) is 1. The van der Waals surface area contributed by atoms with Gasteiger partial charge in [-0.1, -0.05) is 53.6 Å². The molecule has 1 amide bonds. The van der Waals surface area contributed by atoms with E-state index in [1.54, 1.807) is 12.3 Å². The van der Waals surface area contributed by atoms with Crippen molar-refractivity contribution in [1.29, 1.82) is 0 Å². The van der Waals surface area contributed by atoms with Gasteiger partial charge in [0.15, 0.2) is 5.13 Å². The zero-order chi connectivity index (χ0) is 17.6. The van der Waals surface area contributed by atoms with Gasteiger partial charge in [-0.15, -0.1) is 11.3 Å². The van der Waals surface area contributed by atoms with Gasteiger partial charge in [0.1, 0.15) is 0 Å². The van der Waals surface area contributed by atoms with Crippen molar-refractivity contribution in [3.05, 3.63) is 87.4 Å². The van der Waals surface area contributed by atoms with E-state index in [1.807, 2.05) is 55.5 Å². The fourth-order valence-electron chi connectivity index (χ4n) is 2.39. The summed E-state index contributed by atoms with van der Waals surface area (Å²) in [7, 11) is 0. The molecule has 1 heterocycles. The number of nitrogens with one attached hydrogen (secondary N) is 1. The molecule has 0 unspecified atom stereocenters. The van der Waals surface area contributed by atoms with E-state index in [2.05, 4.69) is 10.3 Å². The molecule has 2 aromatic carbocycles. The smallest absolute Gasteiger partial charge is 0.250 e. The van der Waals surface area contributed by atoms with Crippen LogP contribution in [0.5, 0.6) is 0 Å². The van der Waals surface area contributed by atoms with E-state index in [9.17, 15) is 4.79 Å². The fourth-order valence-corrected chi connectivity index (χ4v) is 3.45. The Balaban J connectivity index is 1.60. The molecule has 0 aliphatic carbocycles. The summed E-state index contributed by atoms with van der Waals surface area (Å²) in [6.45, 7) is 2.02. The number of nitrogens with zero attached hydrogens (tertiary/aromatic N) is 1. The van der Waals surface area contributed by atoms with Crippen LogP contribution in [-0.4, -0.2) is 10.9 Å². The third-order valence-electron chi connectivity index (χ3n) is 3.52. The number of benzene rings is 2.